The number of quaternary nitrogens is 1. The summed E-state index contributed by atoms with van der Waals surface area (Å²) < 4.78 is 21.8. The molecule has 4 rings (SSSR count). The Morgan fingerprint density at radius 3 is 2.69 bits per heavy atom. The smallest absolute Gasteiger partial charge is 0.231 e. The fraction of sp³-hybridized carbons (Fsp3) is 0.400. The van der Waals surface area contributed by atoms with E-state index in [1.54, 1.807) is 20.3 Å². The van der Waals surface area contributed by atoms with Crippen LogP contribution in [0.15, 0.2) is 30.3 Å². The summed E-state index contributed by atoms with van der Waals surface area (Å²) in [7, 11) is 3.37. The summed E-state index contributed by atoms with van der Waals surface area (Å²) in [6.07, 6.45) is 2.20. The summed E-state index contributed by atoms with van der Waals surface area (Å²) in [6, 6.07) is 9.78. The molecule has 26 heavy (non-hydrogen) atoms. The molecule has 2 N–H and O–H groups in total. The lowest BCUT2D eigenvalue weighted by atomic mass is 10.0. The van der Waals surface area contributed by atoms with Crippen LogP contribution >= 0.6 is 0 Å². The Labute approximate surface area is 152 Å². The molecule has 0 aromatic heterocycles. The number of nitrogens with one attached hydrogen (secondary N) is 1. The molecule has 1 unspecified atom stereocenters. The molecule has 0 saturated carbocycles. The van der Waals surface area contributed by atoms with Gasteiger partial charge in [-0.3, -0.25) is 0 Å². The van der Waals surface area contributed by atoms with Crippen LogP contribution in [0.25, 0.3) is 0 Å². The van der Waals surface area contributed by atoms with Crippen LogP contribution in [0, 0.1) is 0 Å². The summed E-state index contributed by atoms with van der Waals surface area (Å²) in [5, 5.41) is 10.4. The maximum atomic E-state index is 10.4. The van der Waals surface area contributed by atoms with E-state index in [2.05, 4.69) is 6.07 Å². The zero-order valence-electron chi connectivity index (χ0n) is 15.1. The highest BCUT2D eigenvalue weighted by atomic mass is 16.7. The first-order valence-electron chi connectivity index (χ1n) is 8.87. The van der Waals surface area contributed by atoms with Crippen LogP contribution < -0.4 is 23.8 Å². The van der Waals surface area contributed by atoms with Crippen LogP contribution in [0.4, 0.5) is 0 Å². The lowest BCUT2D eigenvalue weighted by Crippen LogP contribution is -3.08. The van der Waals surface area contributed by atoms with Crippen molar-refractivity contribution in [3.05, 3.63) is 41.5 Å². The molecule has 2 atom stereocenters. The second-order valence-electron chi connectivity index (χ2n) is 6.72. The summed E-state index contributed by atoms with van der Waals surface area (Å²) >= 11 is 0. The molecule has 2 heterocycles. The first-order chi connectivity index (χ1) is 12.7. The van der Waals surface area contributed by atoms with Gasteiger partial charge in [-0.1, -0.05) is 0 Å². The highest BCUT2D eigenvalue weighted by molar-refractivity contribution is 5.51. The van der Waals surface area contributed by atoms with Crippen molar-refractivity contribution < 1.29 is 29.0 Å². The molecule has 1 saturated heterocycles. The van der Waals surface area contributed by atoms with Crippen molar-refractivity contribution in [3.8, 4) is 28.7 Å². The van der Waals surface area contributed by atoms with E-state index in [0.29, 0.717) is 24.1 Å². The summed E-state index contributed by atoms with van der Waals surface area (Å²) in [4.78, 5) is 1.39. The lowest BCUT2D eigenvalue weighted by molar-refractivity contribution is -0.932. The molecule has 0 spiro atoms. The van der Waals surface area contributed by atoms with Gasteiger partial charge < -0.3 is 29.0 Å². The number of hydrogen-bond acceptors (Lipinski definition) is 5. The Morgan fingerprint density at radius 1 is 1.12 bits per heavy atom. The van der Waals surface area contributed by atoms with Crippen molar-refractivity contribution in [2.24, 2.45) is 0 Å². The van der Waals surface area contributed by atoms with Crippen LogP contribution in [-0.2, 0) is 6.54 Å². The number of ether oxygens (including phenoxy) is 4. The molecule has 1 fully saturated rings. The number of aromatic hydroxyl groups is 1. The third kappa shape index (κ3) is 3.01. The Balaban J connectivity index is 1.62. The quantitative estimate of drug-likeness (QED) is 0.857. The highest BCUT2D eigenvalue weighted by Crippen LogP contribution is 2.38. The van der Waals surface area contributed by atoms with Crippen molar-refractivity contribution >= 4 is 0 Å². The van der Waals surface area contributed by atoms with Gasteiger partial charge in [0, 0.05) is 18.9 Å². The molecule has 6 heteroatoms. The largest absolute Gasteiger partial charge is 0.507 e. The topological polar surface area (TPSA) is 61.6 Å². The molecule has 0 bridgehead atoms. The molecule has 2 aliphatic rings. The maximum Gasteiger partial charge on any atom is 0.231 e. The van der Waals surface area contributed by atoms with E-state index in [9.17, 15) is 5.11 Å². The molecule has 2 aromatic rings. The predicted octanol–water partition coefficient (Wildman–Crippen LogP) is 2.06. The predicted molar refractivity (Wildman–Crippen MR) is 95.3 cm³/mol. The number of rotatable bonds is 5. The number of methoxy groups -OCH3 is 2. The van der Waals surface area contributed by atoms with Gasteiger partial charge in [-0.15, -0.1) is 0 Å². The van der Waals surface area contributed by atoms with Gasteiger partial charge in [-0.05, 0) is 24.3 Å². The van der Waals surface area contributed by atoms with E-state index in [4.69, 9.17) is 18.9 Å². The molecule has 0 amide bonds. The van der Waals surface area contributed by atoms with Crippen LogP contribution in [0.2, 0.25) is 0 Å². The van der Waals surface area contributed by atoms with E-state index >= 15 is 0 Å². The summed E-state index contributed by atoms with van der Waals surface area (Å²) in [6.45, 7) is 1.96. The maximum absolute atomic E-state index is 10.4. The van der Waals surface area contributed by atoms with Crippen molar-refractivity contribution in [1.29, 1.82) is 0 Å². The summed E-state index contributed by atoms with van der Waals surface area (Å²) in [5.74, 6) is 3.27. The van der Waals surface area contributed by atoms with Crippen LogP contribution in [0.1, 0.15) is 30.0 Å². The van der Waals surface area contributed by atoms with Gasteiger partial charge >= 0.3 is 0 Å². The third-order valence-electron chi connectivity index (χ3n) is 5.29. The van der Waals surface area contributed by atoms with E-state index in [1.165, 1.54) is 4.90 Å². The van der Waals surface area contributed by atoms with Crippen molar-refractivity contribution in [2.75, 3.05) is 27.6 Å². The molecule has 2 aromatic carbocycles. The van der Waals surface area contributed by atoms with Crippen LogP contribution in [0.5, 0.6) is 28.7 Å². The zero-order valence-corrected chi connectivity index (χ0v) is 15.1. The molecule has 0 radical (unpaired) electrons. The minimum Gasteiger partial charge on any atom is -0.507 e. The van der Waals surface area contributed by atoms with E-state index in [1.807, 2.05) is 18.2 Å². The Hall–Kier alpha value is -2.60. The van der Waals surface area contributed by atoms with Gasteiger partial charge in [-0.25, -0.2) is 0 Å². The molecular formula is C20H24NO5+. The Morgan fingerprint density at radius 2 is 1.92 bits per heavy atom. The van der Waals surface area contributed by atoms with Gasteiger partial charge in [-0.2, -0.15) is 0 Å². The SMILES string of the molecule is COc1ccc(OC)c([C@@H]2CCC[NH+]2Cc2cc3c(cc2O)OCO3)c1. The van der Waals surface area contributed by atoms with Gasteiger partial charge in [0.15, 0.2) is 11.5 Å². The average molecular weight is 358 g/mol. The van der Waals surface area contributed by atoms with Crippen LogP contribution in [-0.4, -0.2) is 32.7 Å². The third-order valence-corrected chi connectivity index (χ3v) is 5.29. The fourth-order valence-corrected chi connectivity index (χ4v) is 3.97. The normalized spacial score (nSPS) is 21.0. The number of phenolic OH excluding ortho intramolecular Hbond substituents is 1. The van der Waals surface area contributed by atoms with E-state index < -0.39 is 0 Å². The minimum absolute atomic E-state index is 0.207. The molecule has 0 aliphatic carbocycles. The fourth-order valence-electron chi connectivity index (χ4n) is 3.97. The first kappa shape index (κ1) is 16.8. The number of phenols is 1. The van der Waals surface area contributed by atoms with Gasteiger partial charge in [0.05, 0.1) is 31.9 Å². The second kappa shape index (κ2) is 6.96. The van der Waals surface area contributed by atoms with Crippen molar-refractivity contribution in [2.45, 2.75) is 25.4 Å². The first-order valence-corrected chi connectivity index (χ1v) is 8.87. The molecule has 138 valence electrons. The van der Waals surface area contributed by atoms with E-state index in [0.717, 1.165) is 42.0 Å². The average Bonchev–Trinajstić information content (AvgIpc) is 3.30. The van der Waals surface area contributed by atoms with Crippen molar-refractivity contribution in [1.82, 2.24) is 0 Å². The van der Waals surface area contributed by atoms with Gasteiger partial charge in [0.25, 0.3) is 0 Å². The molecular weight excluding hydrogens is 334 g/mol. The van der Waals surface area contributed by atoms with E-state index in [-0.39, 0.29) is 12.5 Å². The summed E-state index contributed by atoms with van der Waals surface area (Å²) in [5.41, 5.74) is 2.03. The van der Waals surface area contributed by atoms with Crippen LogP contribution in [0.3, 0.4) is 0 Å². The second-order valence-corrected chi connectivity index (χ2v) is 6.72. The number of likely N-dealkylation sites (tertiary alicyclic amines) is 1. The minimum atomic E-state index is 0.207. The zero-order chi connectivity index (χ0) is 18.1. The van der Waals surface area contributed by atoms with Gasteiger partial charge in [0.2, 0.25) is 6.79 Å². The number of hydrogen-bond donors (Lipinski definition) is 2. The van der Waals surface area contributed by atoms with Gasteiger partial charge in [0.1, 0.15) is 29.8 Å². The van der Waals surface area contributed by atoms with Crippen molar-refractivity contribution in [3.63, 3.8) is 0 Å². The number of fused-ring (bicyclic) bond motifs is 1. The Bertz CT molecular complexity index is 807. The Kier molecular flexibility index (Phi) is 4.51. The molecule has 6 nitrogen and oxygen atoms in total. The standard InChI is InChI=1S/C20H23NO5/c1-23-14-5-6-18(24-2)15(9-14)16-4-3-7-21(16)11-13-8-19-20(10-17(13)22)26-12-25-19/h5-6,8-10,16,22H,3-4,7,11-12H2,1-2H3/p+1/t16-/m0/s1. The molecule has 2 aliphatic heterocycles. The number of benzene rings is 2. The highest BCUT2D eigenvalue weighted by Gasteiger charge is 2.33. The monoisotopic (exact) mass is 358 g/mol. The lowest BCUT2D eigenvalue weighted by Gasteiger charge is -2.24.